The van der Waals surface area contributed by atoms with Crippen LogP contribution in [0.5, 0.6) is 11.5 Å². The summed E-state index contributed by atoms with van der Waals surface area (Å²) in [7, 11) is 1.62. The standard InChI is InChI=1S/C20H27NO4/c1-5-6-7-11-25-18-9-8-16(13-19(18)23-4)14(2)21-20(22)17-10-12-24-15(17)3/h8-10,12-14H,5-7,11H2,1-4H3,(H,21,22)/t14-/m0/s1. The zero-order valence-corrected chi connectivity index (χ0v) is 15.4. The van der Waals surface area contributed by atoms with E-state index < -0.39 is 0 Å². The molecule has 0 bridgehead atoms. The monoisotopic (exact) mass is 345 g/mol. The molecule has 1 amide bonds. The number of carbonyl (C=O) groups is 1. The van der Waals surface area contributed by atoms with Gasteiger partial charge in [-0.3, -0.25) is 4.79 Å². The van der Waals surface area contributed by atoms with E-state index in [1.54, 1.807) is 20.1 Å². The van der Waals surface area contributed by atoms with Crippen molar-refractivity contribution in [2.24, 2.45) is 0 Å². The van der Waals surface area contributed by atoms with Gasteiger partial charge in [0.1, 0.15) is 5.76 Å². The quantitative estimate of drug-likeness (QED) is 0.672. The fraction of sp³-hybridized carbons (Fsp3) is 0.450. The van der Waals surface area contributed by atoms with Crippen LogP contribution in [-0.2, 0) is 0 Å². The molecule has 136 valence electrons. The minimum atomic E-state index is -0.162. The Balaban J connectivity index is 2.03. The molecule has 0 radical (unpaired) electrons. The number of carbonyl (C=O) groups excluding carboxylic acids is 1. The van der Waals surface area contributed by atoms with Crippen LogP contribution in [0.15, 0.2) is 34.9 Å². The van der Waals surface area contributed by atoms with Crippen LogP contribution in [0.1, 0.15) is 60.8 Å². The molecule has 1 heterocycles. The van der Waals surface area contributed by atoms with Gasteiger partial charge in [0.2, 0.25) is 0 Å². The minimum absolute atomic E-state index is 0.155. The predicted molar refractivity (Wildman–Crippen MR) is 97.3 cm³/mol. The Kier molecular flexibility index (Phi) is 6.92. The van der Waals surface area contributed by atoms with Gasteiger partial charge in [-0.15, -0.1) is 0 Å². The first kappa shape index (κ1) is 18.9. The number of nitrogens with one attached hydrogen (secondary N) is 1. The minimum Gasteiger partial charge on any atom is -0.493 e. The van der Waals surface area contributed by atoms with Gasteiger partial charge in [0.25, 0.3) is 5.91 Å². The van der Waals surface area contributed by atoms with Gasteiger partial charge < -0.3 is 19.2 Å². The summed E-state index contributed by atoms with van der Waals surface area (Å²) >= 11 is 0. The van der Waals surface area contributed by atoms with E-state index in [1.165, 1.54) is 6.26 Å². The number of hydrogen-bond donors (Lipinski definition) is 1. The molecule has 5 nitrogen and oxygen atoms in total. The second-order valence-electron chi connectivity index (χ2n) is 6.05. The van der Waals surface area contributed by atoms with Crippen molar-refractivity contribution >= 4 is 5.91 Å². The zero-order chi connectivity index (χ0) is 18.2. The smallest absolute Gasteiger partial charge is 0.255 e. The highest BCUT2D eigenvalue weighted by atomic mass is 16.5. The molecule has 0 aliphatic heterocycles. The van der Waals surface area contributed by atoms with Crippen molar-refractivity contribution in [2.45, 2.75) is 46.1 Å². The fourth-order valence-corrected chi connectivity index (χ4v) is 2.59. The van der Waals surface area contributed by atoms with Crippen molar-refractivity contribution in [3.8, 4) is 11.5 Å². The molecule has 0 saturated heterocycles. The summed E-state index contributed by atoms with van der Waals surface area (Å²) in [6, 6.07) is 7.26. The summed E-state index contributed by atoms with van der Waals surface area (Å²) in [6.45, 7) is 6.54. The van der Waals surface area contributed by atoms with Crippen LogP contribution in [0, 0.1) is 6.92 Å². The van der Waals surface area contributed by atoms with Crippen molar-refractivity contribution < 1.29 is 18.7 Å². The van der Waals surface area contributed by atoms with Crippen molar-refractivity contribution in [1.29, 1.82) is 0 Å². The van der Waals surface area contributed by atoms with Gasteiger partial charge in [0.15, 0.2) is 11.5 Å². The first-order valence-electron chi connectivity index (χ1n) is 8.72. The third-order valence-electron chi connectivity index (χ3n) is 4.14. The number of benzene rings is 1. The summed E-state index contributed by atoms with van der Waals surface area (Å²) in [5.74, 6) is 1.86. The number of furan rings is 1. The lowest BCUT2D eigenvalue weighted by atomic mass is 10.1. The summed E-state index contributed by atoms with van der Waals surface area (Å²) in [6.07, 6.45) is 4.85. The zero-order valence-electron chi connectivity index (χ0n) is 15.4. The average molecular weight is 345 g/mol. The largest absolute Gasteiger partial charge is 0.493 e. The Morgan fingerprint density at radius 1 is 1.24 bits per heavy atom. The van der Waals surface area contributed by atoms with Crippen LogP contribution in [-0.4, -0.2) is 19.6 Å². The summed E-state index contributed by atoms with van der Waals surface area (Å²) < 4.78 is 16.4. The van der Waals surface area contributed by atoms with E-state index >= 15 is 0 Å². The van der Waals surface area contributed by atoms with E-state index in [1.807, 2.05) is 25.1 Å². The molecule has 0 saturated carbocycles. The molecule has 2 rings (SSSR count). The SMILES string of the molecule is CCCCCOc1ccc([C@H](C)NC(=O)c2ccoc2C)cc1OC. The molecule has 0 unspecified atom stereocenters. The highest BCUT2D eigenvalue weighted by Crippen LogP contribution is 2.30. The van der Waals surface area contributed by atoms with Gasteiger partial charge in [-0.25, -0.2) is 0 Å². The van der Waals surface area contributed by atoms with Crippen LogP contribution >= 0.6 is 0 Å². The Morgan fingerprint density at radius 3 is 2.68 bits per heavy atom. The maximum Gasteiger partial charge on any atom is 0.255 e. The number of methoxy groups -OCH3 is 1. The predicted octanol–water partition coefficient (Wildman–Crippen LogP) is 4.66. The molecule has 5 heteroatoms. The second kappa shape index (κ2) is 9.16. The Bertz CT molecular complexity index is 693. The maximum atomic E-state index is 12.3. The first-order valence-corrected chi connectivity index (χ1v) is 8.72. The molecule has 0 aliphatic carbocycles. The van der Waals surface area contributed by atoms with Crippen molar-refractivity contribution in [1.82, 2.24) is 5.32 Å². The third-order valence-corrected chi connectivity index (χ3v) is 4.14. The van der Waals surface area contributed by atoms with Gasteiger partial charge in [-0.2, -0.15) is 0 Å². The van der Waals surface area contributed by atoms with Crippen LogP contribution in [0.4, 0.5) is 0 Å². The fourth-order valence-electron chi connectivity index (χ4n) is 2.59. The van der Waals surface area contributed by atoms with E-state index in [9.17, 15) is 4.79 Å². The van der Waals surface area contributed by atoms with Crippen molar-refractivity contribution in [3.63, 3.8) is 0 Å². The number of unbranched alkanes of at least 4 members (excludes halogenated alkanes) is 2. The Morgan fingerprint density at radius 2 is 2.04 bits per heavy atom. The van der Waals surface area contributed by atoms with E-state index in [0.717, 1.165) is 30.6 Å². The topological polar surface area (TPSA) is 60.7 Å². The Hall–Kier alpha value is -2.43. The molecule has 0 spiro atoms. The van der Waals surface area contributed by atoms with Gasteiger partial charge in [-0.05, 0) is 44.0 Å². The molecule has 1 aromatic carbocycles. The Labute approximate surface area is 149 Å². The van der Waals surface area contributed by atoms with E-state index in [0.29, 0.717) is 23.7 Å². The van der Waals surface area contributed by atoms with Crippen molar-refractivity contribution in [2.75, 3.05) is 13.7 Å². The molecule has 25 heavy (non-hydrogen) atoms. The lowest BCUT2D eigenvalue weighted by Crippen LogP contribution is -2.26. The van der Waals surface area contributed by atoms with Crippen LogP contribution in [0.25, 0.3) is 0 Å². The van der Waals surface area contributed by atoms with E-state index in [4.69, 9.17) is 13.9 Å². The summed E-state index contributed by atoms with van der Waals surface area (Å²) in [5.41, 5.74) is 1.50. The molecule has 2 aromatic rings. The van der Waals surface area contributed by atoms with Crippen LogP contribution in [0.2, 0.25) is 0 Å². The molecule has 1 N–H and O–H groups in total. The summed E-state index contributed by atoms with van der Waals surface area (Å²) in [5, 5.41) is 2.97. The second-order valence-corrected chi connectivity index (χ2v) is 6.05. The van der Waals surface area contributed by atoms with Gasteiger partial charge in [0, 0.05) is 0 Å². The van der Waals surface area contributed by atoms with Crippen LogP contribution in [0.3, 0.4) is 0 Å². The number of rotatable bonds is 9. The lowest BCUT2D eigenvalue weighted by Gasteiger charge is -2.17. The first-order chi connectivity index (χ1) is 12.1. The molecular weight excluding hydrogens is 318 g/mol. The molecular formula is C20H27NO4. The molecule has 1 atom stereocenters. The number of ether oxygens (including phenoxy) is 2. The highest BCUT2D eigenvalue weighted by Gasteiger charge is 2.16. The highest BCUT2D eigenvalue weighted by molar-refractivity contribution is 5.95. The number of amides is 1. The molecule has 0 fully saturated rings. The number of hydrogen-bond acceptors (Lipinski definition) is 4. The number of aryl methyl sites for hydroxylation is 1. The van der Waals surface area contributed by atoms with Gasteiger partial charge >= 0.3 is 0 Å². The normalized spacial score (nSPS) is 11.8. The summed E-state index contributed by atoms with van der Waals surface area (Å²) in [4.78, 5) is 12.3. The van der Waals surface area contributed by atoms with Gasteiger partial charge in [-0.1, -0.05) is 25.8 Å². The lowest BCUT2D eigenvalue weighted by molar-refractivity contribution is 0.0938. The van der Waals surface area contributed by atoms with Gasteiger partial charge in [0.05, 0.1) is 31.6 Å². The maximum absolute atomic E-state index is 12.3. The van der Waals surface area contributed by atoms with Crippen LogP contribution < -0.4 is 14.8 Å². The third kappa shape index (κ3) is 5.02. The van der Waals surface area contributed by atoms with Crippen molar-refractivity contribution in [3.05, 3.63) is 47.4 Å². The average Bonchev–Trinajstić information content (AvgIpc) is 3.04. The molecule has 0 aliphatic rings. The van der Waals surface area contributed by atoms with E-state index in [2.05, 4.69) is 12.2 Å². The molecule has 1 aromatic heterocycles. The van der Waals surface area contributed by atoms with E-state index in [-0.39, 0.29) is 11.9 Å².